The number of benzene rings is 2. The first-order chi connectivity index (χ1) is 14.2. The van der Waals surface area contributed by atoms with E-state index < -0.39 is 5.91 Å². The molecule has 2 aliphatic heterocycles. The summed E-state index contributed by atoms with van der Waals surface area (Å²) in [5, 5.41) is 10.5. The minimum Gasteiger partial charge on any atom is -0.454 e. The van der Waals surface area contributed by atoms with Crippen LogP contribution in [-0.2, 0) is 4.79 Å². The standard InChI is InChI=1S/C20H16N4O5/c25-17-9-13(10-24(17)14-4-2-1-3-5-14)19-22-23-20(29-19)21-18(26)12-6-7-15-16(8-12)28-11-27-15/h1-8,13H,9-11H2,(H,21,23,26)/t13-/m0/s1. The lowest BCUT2D eigenvalue weighted by molar-refractivity contribution is -0.117. The maximum atomic E-state index is 12.4. The van der Waals surface area contributed by atoms with Gasteiger partial charge in [0.1, 0.15) is 0 Å². The van der Waals surface area contributed by atoms with Gasteiger partial charge in [0, 0.05) is 24.2 Å². The van der Waals surface area contributed by atoms with Gasteiger partial charge in [0.2, 0.25) is 18.6 Å². The molecule has 1 fully saturated rings. The molecule has 1 aromatic heterocycles. The molecule has 1 saturated heterocycles. The largest absolute Gasteiger partial charge is 0.454 e. The van der Waals surface area contributed by atoms with Crippen LogP contribution < -0.4 is 19.7 Å². The van der Waals surface area contributed by atoms with Crippen molar-refractivity contribution in [1.29, 1.82) is 0 Å². The maximum absolute atomic E-state index is 12.4. The van der Waals surface area contributed by atoms with Crippen molar-refractivity contribution in [2.24, 2.45) is 0 Å². The van der Waals surface area contributed by atoms with E-state index in [1.807, 2.05) is 30.3 Å². The third kappa shape index (κ3) is 3.27. The molecule has 2 aromatic carbocycles. The van der Waals surface area contributed by atoms with Gasteiger partial charge in [-0.25, -0.2) is 0 Å². The zero-order chi connectivity index (χ0) is 19.8. The molecule has 9 heteroatoms. The van der Waals surface area contributed by atoms with Gasteiger partial charge in [-0.3, -0.25) is 14.9 Å². The summed E-state index contributed by atoms with van der Waals surface area (Å²) in [5.74, 6) is 0.770. The molecular formula is C20H16N4O5. The van der Waals surface area contributed by atoms with E-state index in [2.05, 4.69) is 15.5 Å². The van der Waals surface area contributed by atoms with Crippen LogP contribution in [0.3, 0.4) is 0 Å². The Morgan fingerprint density at radius 1 is 1.07 bits per heavy atom. The van der Waals surface area contributed by atoms with Gasteiger partial charge in [0.25, 0.3) is 5.91 Å². The topological polar surface area (TPSA) is 107 Å². The van der Waals surface area contributed by atoms with E-state index in [9.17, 15) is 9.59 Å². The Hall–Kier alpha value is -3.88. The van der Waals surface area contributed by atoms with Crippen molar-refractivity contribution in [1.82, 2.24) is 10.2 Å². The lowest BCUT2D eigenvalue weighted by Gasteiger charge is -2.15. The molecule has 0 unspecified atom stereocenters. The lowest BCUT2D eigenvalue weighted by Crippen LogP contribution is -2.24. The molecule has 2 aliphatic rings. The van der Waals surface area contributed by atoms with Crippen LogP contribution in [0.25, 0.3) is 0 Å². The fourth-order valence-corrected chi connectivity index (χ4v) is 3.39. The first-order valence-corrected chi connectivity index (χ1v) is 9.07. The van der Waals surface area contributed by atoms with Crippen molar-refractivity contribution >= 4 is 23.5 Å². The average Bonchev–Trinajstić information content (AvgIpc) is 3.47. The van der Waals surface area contributed by atoms with Gasteiger partial charge in [-0.2, -0.15) is 0 Å². The van der Waals surface area contributed by atoms with Crippen molar-refractivity contribution < 1.29 is 23.5 Å². The summed E-state index contributed by atoms with van der Waals surface area (Å²) in [6, 6.07) is 14.3. The second-order valence-electron chi connectivity index (χ2n) is 6.71. The Bertz CT molecular complexity index is 1080. The predicted molar refractivity (Wildman–Crippen MR) is 101 cm³/mol. The molecule has 3 heterocycles. The fraction of sp³-hybridized carbons (Fsp3) is 0.200. The highest BCUT2D eigenvalue weighted by Gasteiger charge is 2.35. The number of hydrogen-bond acceptors (Lipinski definition) is 7. The van der Waals surface area contributed by atoms with Crippen LogP contribution in [0.15, 0.2) is 52.9 Å². The first-order valence-electron chi connectivity index (χ1n) is 9.07. The molecule has 0 saturated carbocycles. The molecule has 5 rings (SSSR count). The highest BCUT2D eigenvalue weighted by Crippen LogP contribution is 2.33. The number of para-hydroxylation sites is 1. The SMILES string of the molecule is O=C(Nc1nnc([C@H]2CC(=O)N(c3ccccc3)C2)o1)c1ccc2c(c1)OCO2. The molecule has 9 nitrogen and oxygen atoms in total. The molecule has 3 aromatic rings. The third-order valence-corrected chi connectivity index (χ3v) is 4.84. The maximum Gasteiger partial charge on any atom is 0.322 e. The van der Waals surface area contributed by atoms with Gasteiger partial charge in [-0.1, -0.05) is 23.3 Å². The van der Waals surface area contributed by atoms with Gasteiger partial charge in [-0.05, 0) is 30.3 Å². The Balaban J connectivity index is 1.27. The van der Waals surface area contributed by atoms with Crippen LogP contribution in [0.5, 0.6) is 11.5 Å². The molecule has 1 N–H and O–H groups in total. The Morgan fingerprint density at radius 2 is 1.90 bits per heavy atom. The summed E-state index contributed by atoms with van der Waals surface area (Å²) in [6.07, 6.45) is 0.270. The minimum atomic E-state index is -0.410. The van der Waals surface area contributed by atoms with Crippen LogP contribution >= 0.6 is 0 Å². The molecule has 0 aliphatic carbocycles. The monoisotopic (exact) mass is 392 g/mol. The number of ether oxygens (including phenoxy) is 2. The van der Waals surface area contributed by atoms with Crippen LogP contribution in [0.2, 0.25) is 0 Å². The summed E-state index contributed by atoms with van der Waals surface area (Å²) in [7, 11) is 0. The van der Waals surface area contributed by atoms with Crippen molar-refractivity contribution in [3.8, 4) is 11.5 Å². The predicted octanol–water partition coefficient (Wildman–Crippen LogP) is 2.57. The Kier molecular flexibility index (Phi) is 4.12. The van der Waals surface area contributed by atoms with E-state index in [1.165, 1.54) is 0 Å². The molecule has 0 radical (unpaired) electrons. The number of carbonyl (C=O) groups excluding carboxylic acids is 2. The molecule has 1 atom stereocenters. The van der Waals surface area contributed by atoms with Gasteiger partial charge in [0.05, 0.1) is 5.92 Å². The summed E-state index contributed by atoms with van der Waals surface area (Å²) in [5.41, 5.74) is 1.20. The number of carbonyl (C=O) groups is 2. The second kappa shape index (κ2) is 6.93. The summed E-state index contributed by atoms with van der Waals surface area (Å²) < 4.78 is 16.1. The number of anilines is 2. The van der Waals surface area contributed by atoms with Crippen molar-refractivity contribution in [3.63, 3.8) is 0 Å². The highest BCUT2D eigenvalue weighted by molar-refractivity contribution is 6.03. The highest BCUT2D eigenvalue weighted by atomic mass is 16.7. The normalized spacial score (nSPS) is 17.6. The molecule has 0 bridgehead atoms. The third-order valence-electron chi connectivity index (χ3n) is 4.84. The average molecular weight is 392 g/mol. The summed E-state index contributed by atoms with van der Waals surface area (Å²) in [4.78, 5) is 26.5. The molecule has 0 spiro atoms. The van der Waals surface area contributed by atoms with Crippen LogP contribution in [0.4, 0.5) is 11.7 Å². The van der Waals surface area contributed by atoms with E-state index >= 15 is 0 Å². The first kappa shape index (κ1) is 17.2. The summed E-state index contributed by atoms with van der Waals surface area (Å²) in [6.45, 7) is 0.578. The molecule has 2 amide bonds. The lowest BCUT2D eigenvalue weighted by atomic mass is 10.1. The zero-order valence-electron chi connectivity index (χ0n) is 15.2. The number of nitrogens with zero attached hydrogens (tertiary/aromatic N) is 3. The zero-order valence-corrected chi connectivity index (χ0v) is 15.2. The fourth-order valence-electron chi connectivity index (χ4n) is 3.39. The quantitative estimate of drug-likeness (QED) is 0.727. The van der Waals surface area contributed by atoms with Crippen LogP contribution in [-0.4, -0.2) is 35.3 Å². The Labute approximate surface area is 165 Å². The van der Waals surface area contributed by atoms with E-state index in [0.717, 1.165) is 5.69 Å². The molecule has 146 valence electrons. The van der Waals surface area contributed by atoms with E-state index in [1.54, 1.807) is 23.1 Å². The number of fused-ring (bicyclic) bond motifs is 1. The van der Waals surface area contributed by atoms with E-state index in [0.29, 0.717) is 29.5 Å². The molecular weight excluding hydrogens is 376 g/mol. The van der Waals surface area contributed by atoms with Crippen molar-refractivity contribution in [3.05, 3.63) is 60.0 Å². The van der Waals surface area contributed by atoms with Gasteiger partial charge in [0.15, 0.2) is 11.5 Å². The number of amides is 2. The number of hydrogen-bond donors (Lipinski definition) is 1. The van der Waals surface area contributed by atoms with Crippen molar-refractivity contribution in [2.45, 2.75) is 12.3 Å². The molecule has 29 heavy (non-hydrogen) atoms. The van der Waals surface area contributed by atoms with E-state index in [-0.39, 0.29) is 31.1 Å². The smallest absolute Gasteiger partial charge is 0.322 e. The van der Waals surface area contributed by atoms with Crippen molar-refractivity contribution in [2.75, 3.05) is 23.6 Å². The van der Waals surface area contributed by atoms with Gasteiger partial charge < -0.3 is 18.8 Å². The van der Waals surface area contributed by atoms with Crippen LogP contribution in [0, 0.1) is 0 Å². The minimum absolute atomic E-state index is 0.00894. The second-order valence-corrected chi connectivity index (χ2v) is 6.71. The number of aromatic nitrogens is 2. The van der Waals surface area contributed by atoms with E-state index in [4.69, 9.17) is 13.9 Å². The number of nitrogens with one attached hydrogen (secondary N) is 1. The van der Waals surface area contributed by atoms with Gasteiger partial charge >= 0.3 is 6.01 Å². The summed E-state index contributed by atoms with van der Waals surface area (Å²) >= 11 is 0. The van der Waals surface area contributed by atoms with Crippen LogP contribution in [0.1, 0.15) is 28.6 Å². The Morgan fingerprint density at radius 3 is 2.76 bits per heavy atom. The number of rotatable bonds is 4. The van der Waals surface area contributed by atoms with Gasteiger partial charge in [-0.15, -0.1) is 5.10 Å².